The largest absolute Gasteiger partial charge is 0.325 e. The highest BCUT2D eigenvalue weighted by molar-refractivity contribution is 9.10. The van der Waals surface area contributed by atoms with Crippen molar-refractivity contribution in [3.63, 3.8) is 0 Å². The minimum Gasteiger partial charge on any atom is -0.325 e. The van der Waals surface area contributed by atoms with E-state index in [4.69, 9.17) is 0 Å². The second-order valence-electron chi connectivity index (χ2n) is 4.97. The number of rotatable bonds is 3. The van der Waals surface area contributed by atoms with E-state index in [1.807, 2.05) is 19.9 Å². The third-order valence-corrected chi connectivity index (χ3v) is 4.67. The summed E-state index contributed by atoms with van der Waals surface area (Å²) in [6.45, 7) is 4.06. The molecule has 0 spiro atoms. The number of aryl methyl sites for hydroxylation is 2. The van der Waals surface area contributed by atoms with E-state index in [1.165, 1.54) is 24.0 Å². The lowest BCUT2D eigenvalue weighted by Gasteiger charge is -2.14. The minimum atomic E-state index is -0.129. The molecule has 0 radical (unpaired) electrons. The first-order valence-electron chi connectivity index (χ1n) is 6.14. The standard InChI is InChI=1S/C14H18BrNO/c1-9(2)13(15)14(17)16-12-7-6-10-4-3-5-11(10)8-12/h6-9,13H,3-5H2,1-2H3,(H,16,17)/t13-/m0/s1. The molecule has 0 heterocycles. The van der Waals surface area contributed by atoms with Crippen LogP contribution in [0.4, 0.5) is 5.69 Å². The van der Waals surface area contributed by atoms with Gasteiger partial charge >= 0.3 is 0 Å². The lowest BCUT2D eigenvalue weighted by atomic mass is 10.1. The molecule has 17 heavy (non-hydrogen) atoms. The van der Waals surface area contributed by atoms with E-state index in [9.17, 15) is 4.79 Å². The Kier molecular flexibility index (Phi) is 3.87. The van der Waals surface area contributed by atoms with Gasteiger partial charge in [0.25, 0.3) is 0 Å². The summed E-state index contributed by atoms with van der Waals surface area (Å²) < 4.78 is 0. The molecule has 1 amide bonds. The molecule has 3 heteroatoms. The molecule has 1 atom stereocenters. The van der Waals surface area contributed by atoms with Gasteiger partial charge in [0.1, 0.15) is 0 Å². The summed E-state index contributed by atoms with van der Waals surface area (Å²) in [5, 5.41) is 2.97. The first-order chi connectivity index (χ1) is 8.08. The number of amides is 1. The van der Waals surface area contributed by atoms with Crippen LogP contribution in [-0.2, 0) is 17.6 Å². The van der Waals surface area contributed by atoms with Crippen molar-refractivity contribution in [1.82, 2.24) is 0 Å². The first kappa shape index (κ1) is 12.6. The SMILES string of the molecule is CC(C)[C@H](Br)C(=O)Nc1ccc2c(c1)CCC2. The number of nitrogens with one attached hydrogen (secondary N) is 1. The van der Waals surface area contributed by atoms with Gasteiger partial charge in [0.05, 0.1) is 4.83 Å². The van der Waals surface area contributed by atoms with Crippen molar-refractivity contribution in [3.05, 3.63) is 29.3 Å². The van der Waals surface area contributed by atoms with Crippen LogP contribution in [-0.4, -0.2) is 10.7 Å². The minimum absolute atomic E-state index is 0.0398. The van der Waals surface area contributed by atoms with Crippen LogP contribution < -0.4 is 5.32 Å². The van der Waals surface area contributed by atoms with Gasteiger partial charge in [0.2, 0.25) is 5.91 Å². The van der Waals surface area contributed by atoms with Crippen LogP contribution in [0.5, 0.6) is 0 Å². The number of anilines is 1. The van der Waals surface area contributed by atoms with E-state index in [-0.39, 0.29) is 10.7 Å². The smallest absolute Gasteiger partial charge is 0.238 e. The van der Waals surface area contributed by atoms with Crippen molar-refractivity contribution in [3.8, 4) is 0 Å². The Morgan fingerprint density at radius 3 is 2.71 bits per heavy atom. The quantitative estimate of drug-likeness (QED) is 0.849. The monoisotopic (exact) mass is 295 g/mol. The van der Waals surface area contributed by atoms with E-state index in [2.05, 4.69) is 33.4 Å². The van der Waals surface area contributed by atoms with E-state index < -0.39 is 0 Å². The molecular formula is C14H18BrNO. The Bertz CT molecular complexity index is 428. The highest BCUT2D eigenvalue weighted by Crippen LogP contribution is 2.25. The molecule has 1 aromatic rings. The fraction of sp³-hybridized carbons (Fsp3) is 0.500. The fourth-order valence-electron chi connectivity index (χ4n) is 2.16. The predicted molar refractivity (Wildman–Crippen MR) is 74.6 cm³/mol. The maximum absolute atomic E-state index is 11.9. The van der Waals surface area contributed by atoms with Crippen molar-refractivity contribution in [2.45, 2.75) is 37.9 Å². The molecule has 0 unspecified atom stereocenters. The van der Waals surface area contributed by atoms with Crippen LogP contribution >= 0.6 is 15.9 Å². The van der Waals surface area contributed by atoms with E-state index in [0.29, 0.717) is 5.92 Å². The molecule has 0 aliphatic heterocycles. The van der Waals surface area contributed by atoms with Gasteiger partial charge in [-0.05, 0) is 48.4 Å². The molecule has 2 nitrogen and oxygen atoms in total. The summed E-state index contributed by atoms with van der Waals surface area (Å²) in [5.74, 6) is 0.336. The molecule has 1 aliphatic carbocycles. The highest BCUT2D eigenvalue weighted by atomic mass is 79.9. The molecule has 0 bridgehead atoms. The Balaban J connectivity index is 2.07. The second-order valence-corrected chi connectivity index (χ2v) is 5.96. The van der Waals surface area contributed by atoms with Gasteiger partial charge in [-0.25, -0.2) is 0 Å². The van der Waals surface area contributed by atoms with Crippen LogP contribution in [0.1, 0.15) is 31.4 Å². The van der Waals surface area contributed by atoms with Crippen molar-refractivity contribution in [1.29, 1.82) is 0 Å². The molecule has 2 rings (SSSR count). The van der Waals surface area contributed by atoms with Gasteiger partial charge in [-0.2, -0.15) is 0 Å². The van der Waals surface area contributed by atoms with Gasteiger partial charge in [0, 0.05) is 5.69 Å². The summed E-state index contributed by atoms with van der Waals surface area (Å²) in [6.07, 6.45) is 3.55. The maximum atomic E-state index is 11.9. The van der Waals surface area contributed by atoms with E-state index >= 15 is 0 Å². The first-order valence-corrected chi connectivity index (χ1v) is 7.06. The van der Waals surface area contributed by atoms with Crippen LogP contribution in [0.15, 0.2) is 18.2 Å². The Morgan fingerprint density at radius 2 is 2.00 bits per heavy atom. The van der Waals surface area contributed by atoms with E-state index in [1.54, 1.807) is 0 Å². The summed E-state index contributed by atoms with van der Waals surface area (Å²) in [4.78, 5) is 11.8. The second kappa shape index (κ2) is 5.21. The Morgan fingerprint density at radius 1 is 1.29 bits per heavy atom. The average Bonchev–Trinajstić information content (AvgIpc) is 2.74. The van der Waals surface area contributed by atoms with Crippen molar-refractivity contribution < 1.29 is 4.79 Å². The Hall–Kier alpha value is -0.830. The number of hydrogen-bond donors (Lipinski definition) is 1. The molecule has 1 N–H and O–H groups in total. The predicted octanol–water partition coefficient (Wildman–Crippen LogP) is 3.53. The maximum Gasteiger partial charge on any atom is 0.238 e. The van der Waals surface area contributed by atoms with Crippen molar-refractivity contribution in [2.75, 3.05) is 5.32 Å². The van der Waals surface area contributed by atoms with Gasteiger partial charge in [-0.1, -0.05) is 35.8 Å². The normalized spacial score (nSPS) is 15.8. The highest BCUT2D eigenvalue weighted by Gasteiger charge is 2.19. The third kappa shape index (κ3) is 2.89. The Labute approximate surface area is 111 Å². The molecular weight excluding hydrogens is 278 g/mol. The average molecular weight is 296 g/mol. The summed E-state index contributed by atoms with van der Waals surface area (Å²) in [5.41, 5.74) is 3.74. The topological polar surface area (TPSA) is 29.1 Å². The number of benzene rings is 1. The van der Waals surface area contributed by atoms with Crippen LogP contribution in [0.3, 0.4) is 0 Å². The number of halogens is 1. The van der Waals surface area contributed by atoms with Crippen molar-refractivity contribution in [2.24, 2.45) is 5.92 Å². The zero-order valence-electron chi connectivity index (χ0n) is 10.3. The number of hydrogen-bond acceptors (Lipinski definition) is 1. The molecule has 0 aromatic heterocycles. The van der Waals surface area contributed by atoms with Crippen LogP contribution in [0.25, 0.3) is 0 Å². The number of alkyl halides is 1. The molecule has 0 fully saturated rings. The zero-order valence-corrected chi connectivity index (χ0v) is 11.9. The van der Waals surface area contributed by atoms with E-state index in [0.717, 1.165) is 12.1 Å². The number of fused-ring (bicyclic) bond motifs is 1. The molecule has 92 valence electrons. The lowest BCUT2D eigenvalue weighted by Crippen LogP contribution is -2.27. The lowest BCUT2D eigenvalue weighted by molar-refractivity contribution is -0.116. The van der Waals surface area contributed by atoms with Gasteiger partial charge in [-0.3, -0.25) is 4.79 Å². The van der Waals surface area contributed by atoms with Gasteiger partial charge < -0.3 is 5.32 Å². The fourth-order valence-corrected chi connectivity index (χ4v) is 2.28. The number of carbonyl (C=O) groups is 1. The summed E-state index contributed by atoms with van der Waals surface area (Å²) >= 11 is 3.42. The summed E-state index contributed by atoms with van der Waals surface area (Å²) in [7, 11) is 0. The van der Waals surface area contributed by atoms with Crippen LogP contribution in [0, 0.1) is 5.92 Å². The van der Waals surface area contributed by atoms with Crippen molar-refractivity contribution >= 4 is 27.5 Å². The molecule has 1 aromatic carbocycles. The molecule has 1 aliphatic rings. The third-order valence-electron chi connectivity index (χ3n) is 3.20. The summed E-state index contributed by atoms with van der Waals surface area (Å²) in [6, 6.07) is 6.25. The number of carbonyl (C=O) groups excluding carboxylic acids is 1. The van der Waals surface area contributed by atoms with Gasteiger partial charge in [0.15, 0.2) is 0 Å². The molecule has 0 saturated carbocycles. The zero-order chi connectivity index (χ0) is 12.4. The van der Waals surface area contributed by atoms with Gasteiger partial charge in [-0.15, -0.1) is 0 Å². The molecule has 0 saturated heterocycles. The van der Waals surface area contributed by atoms with Crippen LogP contribution in [0.2, 0.25) is 0 Å².